The Bertz CT molecular complexity index is 528. The Balaban J connectivity index is 2.02. The molecule has 0 amide bonds. The van der Waals surface area contributed by atoms with Crippen LogP contribution in [0.1, 0.15) is 11.1 Å². The highest BCUT2D eigenvalue weighted by molar-refractivity contribution is 9.10. The standard InChI is InChI=1S/C14H13BrFNO/c15-12-4-3-11(14(16)7-12)9-18-13-5-1-10(8-17)2-6-13/h1-7H,8-9,17H2. The summed E-state index contributed by atoms with van der Waals surface area (Å²) in [6, 6.07) is 12.4. The summed E-state index contributed by atoms with van der Waals surface area (Å²) >= 11 is 3.22. The Labute approximate surface area is 114 Å². The van der Waals surface area contributed by atoms with Crippen LogP contribution in [0.25, 0.3) is 0 Å². The molecule has 0 aliphatic carbocycles. The molecular weight excluding hydrogens is 297 g/mol. The van der Waals surface area contributed by atoms with Crippen LogP contribution in [0.15, 0.2) is 46.9 Å². The first-order chi connectivity index (χ1) is 8.69. The second-order valence-corrected chi connectivity index (χ2v) is 4.79. The van der Waals surface area contributed by atoms with Gasteiger partial charge in [0.2, 0.25) is 0 Å². The first-order valence-corrected chi connectivity index (χ1v) is 6.34. The molecule has 2 aromatic carbocycles. The van der Waals surface area contributed by atoms with Gasteiger partial charge in [0.05, 0.1) is 0 Å². The molecule has 94 valence electrons. The SMILES string of the molecule is NCc1ccc(OCc2ccc(Br)cc2F)cc1. The van der Waals surface area contributed by atoms with Gasteiger partial charge in [0.1, 0.15) is 18.2 Å². The fraction of sp³-hybridized carbons (Fsp3) is 0.143. The Morgan fingerprint density at radius 2 is 1.83 bits per heavy atom. The van der Waals surface area contributed by atoms with E-state index in [-0.39, 0.29) is 12.4 Å². The molecule has 0 aromatic heterocycles. The van der Waals surface area contributed by atoms with Gasteiger partial charge >= 0.3 is 0 Å². The van der Waals surface area contributed by atoms with E-state index in [0.29, 0.717) is 17.9 Å². The Morgan fingerprint density at radius 3 is 2.44 bits per heavy atom. The lowest BCUT2D eigenvalue weighted by Gasteiger charge is -2.08. The third-order valence-electron chi connectivity index (χ3n) is 2.57. The maximum Gasteiger partial charge on any atom is 0.130 e. The van der Waals surface area contributed by atoms with Crippen molar-refractivity contribution in [1.29, 1.82) is 0 Å². The number of benzene rings is 2. The highest BCUT2D eigenvalue weighted by atomic mass is 79.9. The van der Waals surface area contributed by atoms with Gasteiger partial charge < -0.3 is 10.5 Å². The summed E-state index contributed by atoms with van der Waals surface area (Å²) in [5, 5.41) is 0. The summed E-state index contributed by atoms with van der Waals surface area (Å²) < 4.78 is 19.8. The second kappa shape index (κ2) is 5.98. The van der Waals surface area contributed by atoms with E-state index in [1.54, 1.807) is 12.1 Å². The van der Waals surface area contributed by atoms with Gasteiger partial charge in [0, 0.05) is 16.6 Å². The maximum atomic E-state index is 13.5. The van der Waals surface area contributed by atoms with Crippen molar-refractivity contribution >= 4 is 15.9 Å². The average molecular weight is 310 g/mol. The number of nitrogens with two attached hydrogens (primary N) is 1. The molecule has 18 heavy (non-hydrogen) atoms. The molecule has 0 aliphatic rings. The molecule has 0 spiro atoms. The first-order valence-electron chi connectivity index (χ1n) is 5.55. The average Bonchev–Trinajstić information content (AvgIpc) is 2.38. The van der Waals surface area contributed by atoms with Crippen molar-refractivity contribution in [2.24, 2.45) is 5.73 Å². The summed E-state index contributed by atoms with van der Waals surface area (Å²) in [4.78, 5) is 0. The van der Waals surface area contributed by atoms with E-state index >= 15 is 0 Å². The monoisotopic (exact) mass is 309 g/mol. The zero-order valence-electron chi connectivity index (χ0n) is 9.70. The van der Waals surface area contributed by atoms with Gasteiger partial charge in [-0.05, 0) is 29.8 Å². The van der Waals surface area contributed by atoms with Crippen LogP contribution in [0.2, 0.25) is 0 Å². The molecule has 2 aromatic rings. The molecule has 0 saturated heterocycles. The molecule has 2 N–H and O–H groups in total. The molecule has 0 fully saturated rings. The number of halogens is 2. The molecule has 2 rings (SSSR count). The van der Waals surface area contributed by atoms with Crippen molar-refractivity contribution < 1.29 is 9.13 Å². The van der Waals surface area contributed by atoms with Crippen molar-refractivity contribution in [3.63, 3.8) is 0 Å². The van der Waals surface area contributed by atoms with Crippen LogP contribution in [0, 0.1) is 5.82 Å². The van der Waals surface area contributed by atoms with E-state index in [9.17, 15) is 4.39 Å². The van der Waals surface area contributed by atoms with Gasteiger partial charge in [-0.1, -0.05) is 34.1 Å². The molecular formula is C14H13BrFNO. The summed E-state index contributed by atoms with van der Waals surface area (Å²) in [6.45, 7) is 0.711. The summed E-state index contributed by atoms with van der Waals surface area (Å²) in [5.74, 6) is 0.428. The molecule has 0 bridgehead atoms. The van der Waals surface area contributed by atoms with E-state index in [4.69, 9.17) is 10.5 Å². The van der Waals surface area contributed by atoms with Crippen LogP contribution in [0.5, 0.6) is 5.75 Å². The molecule has 0 aliphatic heterocycles. The molecule has 0 heterocycles. The van der Waals surface area contributed by atoms with Crippen LogP contribution >= 0.6 is 15.9 Å². The van der Waals surface area contributed by atoms with Gasteiger partial charge in [-0.2, -0.15) is 0 Å². The van der Waals surface area contributed by atoms with Crippen LogP contribution in [0.4, 0.5) is 4.39 Å². The van der Waals surface area contributed by atoms with Gasteiger partial charge in [-0.3, -0.25) is 0 Å². The highest BCUT2D eigenvalue weighted by Crippen LogP contribution is 2.18. The lowest BCUT2D eigenvalue weighted by molar-refractivity contribution is 0.299. The third kappa shape index (κ3) is 3.31. The predicted molar refractivity (Wildman–Crippen MR) is 72.8 cm³/mol. The number of rotatable bonds is 4. The van der Waals surface area contributed by atoms with Crippen molar-refractivity contribution in [3.05, 3.63) is 63.9 Å². The van der Waals surface area contributed by atoms with E-state index in [2.05, 4.69) is 15.9 Å². The third-order valence-corrected chi connectivity index (χ3v) is 3.06. The van der Waals surface area contributed by atoms with E-state index in [0.717, 1.165) is 10.0 Å². The fourth-order valence-corrected chi connectivity index (χ4v) is 1.85. The van der Waals surface area contributed by atoms with Gasteiger partial charge in [0.15, 0.2) is 0 Å². The Kier molecular flexibility index (Phi) is 4.33. The molecule has 4 heteroatoms. The number of hydrogen-bond acceptors (Lipinski definition) is 2. The first kappa shape index (κ1) is 13.1. The highest BCUT2D eigenvalue weighted by Gasteiger charge is 2.03. The van der Waals surface area contributed by atoms with Crippen LogP contribution in [-0.4, -0.2) is 0 Å². The molecule has 0 radical (unpaired) electrons. The van der Waals surface area contributed by atoms with E-state index in [1.807, 2.05) is 24.3 Å². The Morgan fingerprint density at radius 1 is 1.11 bits per heavy atom. The van der Waals surface area contributed by atoms with Gasteiger partial charge in [-0.15, -0.1) is 0 Å². The fourth-order valence-electron chi connectivity index (χ4n) is 1.52. The van der Waals surface area contributed by atoms with Gasteiger partial charge in [-0.25, -0.2) is 4.39 Å². The normalized spacial score (nSPS) is 10.4. The molecule has 0 atom stereocenters. The van der Waals surface area contributed by atoms with Gasteiger partial charge in [0.25, 0.3) is 0 Å². The summed E-state index contributed by atoms with van der Waals surface area (Å²) in [7, 11) is 0. The van der Waals surface area contributed by atoms with Crippen molar-refractivity contribution in [2.45, 2.75) is 13.2 Å². The smallest absolute Gasteiger partial charge is 0.130 e. The molecule has 0 saturated carbocycles. The zero-order valence-corrected chi connectivity index (χ0v) is 11.3. The minimum absolute atomic E-state index is 0.209. The maximum absolute atomic E-state index is 13.5. The van der Waals surface area contributed by atoms with Crippen molar-refractivity contribution in [2.75, 3.05) is 0 Å². The predicted octanol–water partition coefficient (Wildman–Crippen LogP) is 3.63. The Hall–Kier alpha value is -1.39. The second-order valence-electron chi connectivity index (χ2n) is 3.87. The number of ether oxygens (including phenoxy) is 1. The van der Waals surface area contributed by atoms with E-state index in [1.165, 1.54) is 6.07 Å². The zero-order chi connectivity index (χ0) is 13.0. The molecule has 0 unspecified atom stereocenters. The largest absolute Gasteiger partial charge is 0.489 e. The van der Waals surface area contributed by atoms with Crippen LogP contribution in [0.3, 0.4) is 0 Å². The molecule has 2 nitrogen and oxygen atoms in total. The minimum Gasteiger partial charge on any atom is -0.489 e. The minimum atomic E-state index is -0.275. The van der Waals surface area contributed by atoms with Crippen molar-refractivity contribution in [1.82, 2.24) is 0 Å². The lowest BCUT2D eigenvalue weighted by Crippen LogP contribution is -1.99. The van der Waals surface area contributed by atoms with Crippen LogP contribution in [-0.2, 0) is 13.2 Å². The topological polar surface area (TPSA) is 35.2 Å². The van der Waals surface area contributed by atoms with E-state index < -0.39 is 0 Å². The van der Waals surface area contributed by atoms with Crippen molar-refractivity contribution in [3.8, 4) is 5.75 Å². The summed E-state index contributed by atoms with van der Waals surface area (Å²) in [6.07, 6.45) is 0. The quantitative estimate of drug-likeness (QED) is 0.936. The van der Waals surface area contributed by atoms with Crippen LogP contribution < -0.4 is 10.5 Å². The number of hydrogen-bond donors (Lipinski definition) is 1. The lowest BCUT2D eigenvalue weighted by atomic mass is 10.2. The summed E-state index contributed by atoms with van der Waals surface area (Å²) in [5.41, 5.74) is 7.07.